The molecule has 110 valence electrons. The van der Waals surface area contributed by atoms with Crippen molar-refractivity contribution in [3.63, 3.8) is 0 Å². The van der Waals surface area contributed by atoms with E-state index in [2.05, 4.69) is 20.8 Å². The van der Waals surface area contributed by atoms with E-state index in [4.69, 9.17) is 0 Å². The van der Waals surface area contributed by atoms with Crippen molar-refractivity contribution in [2.75, 3.05) is 12.4 Å². The molecule has 2 aromatic rings. The normalized spacial score (nSPS) is 10.2. The molecule has 0 fully saturated rings. The number of hydrogen-bond acceptors (Lipinski definition) is 6. The molecule has 0 saturated carbocycles. The lowest BCUT2D eigenvalue weighted by molar-refractivity contribution is -0.384. The van der Waals surface area contributed by atoms with Gasteiger partial charge >= 0.3 is 0 Å². The summed E-state index contributed by atoms with van der Waals surface area (Å²) >= 11 is 0. The second-order valence-corrected chi connectivity index (χ2v) is 4.28. The minimum absolute atomic E-state index is 0.107. The van der Waals surface area contributed by atoms with Crippen LogP contribution in [0.15, 0.2) is 24.5 Å². The van der Waals surface area contributed by atoms with Gasteiger partial charge in [-0.2, -0.15) is 0 Å². The third-order valence-corrected chi connectivity index (χ3v) is 2.92. The lowest BCUT2D eigenvalue weighted by Gasteiger charge is -2.08. The van der Waals surface area contributed by atoms with Gasteiger partial charge in [0.2, 0.25) is 0 Å². The largest absolute Gasteiger partial charge is 0.372 e. The Morgan fingerprint density at radius 1 is 1.48 bits per heavy atom. The van der Waals surface area contributed by atoms with E-state index in [9.17, 15) is 14.9 Å². The summed E-state index contributed by atoms with van der Waals surface area (Å²) in [6, 6.07) is 4.14. The number of carbonyl (C=O) groups excluding carboxylic acids is 1. The van der Waals surface area contributed by atoms with Gasteiger partial charge in [0.25, 0.3) is 11.6 Å². The zero-order valence-electron chi connectivity index (χ0n) is 11.5. The highest BCUT2D eigenvalue weighted by Gasteiger charge is 2.16. The molecule has 0 atom stereocenters. The van der Waals surface area contributed by atoms with Crippen LogP contribution in [0.1, 0.15) is 16.2 Å². The molecule has 2 rings (SSSR count). The lowest BCUT2D eigenvalue weighted by Crippen LogP contribution is -2.18. The monoisotopic (exact) mass is 290 g/mol. The quantitative estimate of drug-likeness (QED) is 0.618. The Morgan fingerprint density at radius 3 is 2.81 bits per heavy atom. The number of aryl methyl sites for hydroxylation is 1. The van der Waals surface area contributed by atoms with E-state index in [1.165, 1.54) is 31.6 Å². The highest BCUT2D eigenvalue weighted by molar-refractivity contribution is 5.95. The Morgan fingerprint density at radius 2 is 2.24 bits per heavy atom. The Bertz CT molecular complexity index is 681. The zero-order chi connectivity index (χ0) is 15.4. The van der Waals surface area contributed by atoms with E-state index in [0.29, 0.717) is 11.4 Å². The molecule has 9 heteroatoms. The van der Waals surface area contributed by atoms with Crippen LogP contribution >= 0.6 is 0 Å². The smallest absolute Gasteiger partial charge is 0.292 e. The van der Waals surface area contributed by atoms with Crippen molar-refractivity contribution in [1.82, 2.24) is 20.1 Å². The fourth-order valence-electron chi connectivity index (χ4n) is 1.76. The highest BCUT2D eigenvalue weighted by Crippen LogP contribution is 2.25. The Balaban J connectivity index is 2.28. The van der Waals surface area contributed by atoms with E-state index in [0.717, 1.165) is 0 Å². The van der Waals surface area contributed by atoms with E-state index < -0.39 is 4.92 Å². The first-order valence-electron chi connectivity index (χ1n) is 6.10. The topological polar surface area (TPSA) is 115 Å². The Hall–Kier alpha value is -2.97. The van der Waals surface area contributed by atoms with Crippen LogP contribution in [-0.2, 0) is 13.6 Å². The summed E-state index contributed by atoms with van der Waals surface area (Å²) in [5.41, 5.74) is 0.484. The van der Waals surface area contributed by atoms with Crippen LogP contribution in [0.3, 0.4) is 0 Å². The van der Waals surface area contributed by atoms with E-state index in [1.807, 2.05) is 0 Å². The summed E-state index contributed by atoms with van der Waals surface area (Å²) in [5, 5.41) is 24.0. The molecule has 1 aromatic heterocycles. The summed E-state index contributed by atoms with van der Waals surface area (Å²) < 4.78 is 1.70. The SMILES string of the molecule is CNC(=O)c1ccc([N+](=O)[O-])c(NCc2nncn2C)c1. The van der Waals surface area contributed by atoms with Crippen LogP contribution in [0, 0.1) is 10.1 Å². The molecule has 0 bridgehead atoms. The predicted molar refractivity (Wildman–Crippen MR) is 74.8 cm³/mol. The van der Waals surface area contributed by atoms with Crippen molar-refractivity contribution in [2.45, 2.75) is 6.54 Å². The Kier molecular flexibility index (Phi) is 4.12. The maximum atomic E-state index is 11.6. The van der Waals surface area contributed by atoms with Crippen molar-refractivity contribution in [1.29, 1.82) is 0 Å². The Labute approximate surface area is 120 Å². The molecule has 0 aliphatic heterocycles. The summed E-state index contributed by atoms with van der Waals surface area (Å²) in [4.78, 5) is 22.1. The van der Waals surface area contributed by atoms with Crippen LogP contribution in [-0.4, -0.2) is 32.6 Å². The summed E-state index contributed by atoms with van der Waals surface area (Å²) in [5.74, 6) is 0.307. The number of nitrogens with zero attached hydrogens (tertiary/aromatic N) is 4. The van der Waals surface area contributed by atoms with E-state index in [1.54, 1.807) is 11.6 Å². The lowest BCUT2D eigenvalue weighted by atomic mass is 10.1. The molecule has 0 unspecified atom stereocenters. The number of anilines is 1. The third-order valence-electron chi connectivity index (χ3n) is 2.92. The first-order chi connectivity index (χ1) is 10.0. The molecular formula is C12H14N6O3. The van der Waals surface area contributed by atoms with Gasteiger partial charge in [-0.25, -0.2) is 0 Å². The number of nitro benzene ring substituents is 1. The summed E-state index contributed by atoms with van der Waals surface area (Å²) in [7, 11) is 3.27. The van der Waals surface area contributed by atoms with Gasteiger partial charge in [-0.15, -0.1) is 10.2 Å². The molecule has 9 nitrogen and oxygen atoms in total. The number of aromatic nitrogens is 3. The highest BCUT2D eigenvalue weighted by atomic mass is 16.6. The van der Waals surface area contributed by atoms with Crippen molar-refractivity contribution in [3.05, 3.63) is 46.0 Å². The number of hydrogen-bond donors (Lipinski definition) is 2. The average molecular weight is 290 g/mol. The molecule has 1 heterocycles. The number of nitro groups is 1. The standard InChI is InChI=1S/C12H14N6O3/c1-13-12(19)8-3-4-10(18(20)21)9(5-8)14-6-11-16-15-7-17(11)2/h3-5,7,14H,6H2,1-2H3,(H,13,19). The van der Waals surface area contributed by atoms with Crippen LogP contribution < -0.4 is 10.6 Å². The van der Waals surface area contributed by atoms with Gasteiger partial charge in [-0.05, 0) is 12.1 Å². The molecule has 0 aliphatic rings. The van der Waals surface area contributed by atoms with Gasteiger partial charge in [-0.3, -0.25) is 14.9 Å². The molecule has 0 radical (unpaired) electrons. The van der Waals surface area contributed by atoms with E-state index >= 15 is 0 Å². The van der Waals surface area contributed by atoms with Gasteiger partial charge in [0.1, 0.15) is 12.0 Å². The number of nitrogens with one attached hydrogen (secondary N) is 2. The first-order valence-corrected chi connectivity index (χ1v) is 6.10. The zero-order valence-corrected chi connectivity index (χ0v) is 11.5. The second-order valence-electron chi connectivity index (χ2n) is 4.28. The summed E-state index contributed by atoms with van der Waals surface area (Å²) in [6.45, 7) is 0.258. The van der Waals surface area contributed by atoms with E-state index in [-0.39, 0.29) is 23.8 Å². The molecule has 0 spiro atoms. The van der Waals surface area contributed by atoms with Gasteiger partial charge < -0.3 is 15.2 Å². The third kappa shape index (κ3) is 3.14. The molecule has 1 aromatic carbocycles. The molecule has 0 aliphatic carbocycles. The van der Waals surface area contributed by atoms with Crippen LogP contribution in [0.4, 0.5) is 11.4 Å². The fourth-order valence-corrected chi connectivity index (χ4v) is 1.76. The minimum atomic E-state index is -0.507. The number of amides is 1. The number of carbonyl (C=O) groups is 1. The van der Waals surface area contributed by atoms with Crippen LogP contribution in [0.25, 0.3) is 0 Å². The van der Waals surface area contributed by atoms with Crippen LogP contribution in [0.5, 0.6) is 0 Å². The molecule has 0 saturated heterocycles. The van der Waals surface area contributed by atoms with Crippen molar-refractivity contribution in [2.24, 2.45) is 7.05 Å². The molecule has 2 N–H and O–H groups in total. The first kappa shape index (κ1) is 14.4. The predicted octanol–water partition coefficient (Wildman–Crippen LogP) is 0.695. The van der Waals surface area contributed by atoms with Crippen LogP contribution in [0.2, 0.25) is 0 Å². The van der Waals surface area contributed by atoms with Gasteiger partial charge in [0.15, 0.2) is 5.82 Å². The fraction of sp³-hybridized carbons (Fsp3) is 0.250. The van der Waals surface area contributed by atoms with Crippen molar-refractivity contribution in [3.8, 4) is 0 Å². The molecule has 1 amide bonds. The number of benzene rings is 1. The van der Waals surface area contributed by atoms with Gasteiger partial charge in [0, 0.05) is 25.7 Å². The number of rotatable bonds is 5. The average Bonchev–Trinajstić information content (AvgIpc) is 2.89. The molecular weight excluding hydrogens is 276 g/mol. The molecule has 21 heavy (non-hydrogen) atoms. The van der Waals surface area contributed by atoms with Gasteiger partial charge in [0.05, 0.1) is 11.5 Å². The van der Waals surface area contributed by atoms with Crippen molar-refractivity contribution >= 4 is 17.3 Å². The summed E-state index contributed by atoms with van der Waals surface area (Å²) in [6.07, 6.45) is 1.53. The maximum absolute atomic E-state index is 11.6. The van der Waals surface area contributed by atoms with Crippen molar-refractivity contribution < 1.29 is 9.72 Å². The maximum Gasteiger partial charge on any atom is 0.292 e. The second kappa shape index (κ2) is 5.99. The minimum Gasteiger partial charge on any atom is -0.372 e. The van der Waals surface area contributed by atoms with Gasteiger partial charge in [-0.1, -0.05) is 0 Å².